The van der Waals surface area contributed by atoms with Gasteiger partial charge in [0.25, 0.3) is 10.1 Å². The third kappa shape index (κ3) is 3.38. The van der Waals surface area contributed by atoms with Crippen molar-refractivity contribution < 1.29 is 12.6 Å². The second-order valence-electron chi connectivity index (χ2n) is 4.93. The molecule has 0 atom stereocenters. The summed E-state index contributed by atoms with van der Waals surface area (Å²) in [4.78, 5) is 0.224. The summed E-state index contributed by atoms with van der Waals surface area (Å²) in [6.45, 7) is 4.34. The first-order valence-corrected chi connectivity index (χ1v) is 8.36. The van der Waals surface area contributed by atoms with Crippen LogP contribution in [0.15, 0.2) is 47.4 Å². The average Bonchev–Trinajstić information content (AvgIpc) is 2.47. The number of rotatable bonds is 6. The van der Waals surface area contributed by atoms with E-state index >= 15 is 0 Å². The maximum absolute atomic E-state index is 12.2. The maximum Gasteiger partial charge on any atom is 0.297 e. The van der Waals surface area contributed by atoms with Crippen molar-refractivity contribution in [3.05, 3.63) is 42.5 Å². The molecular formula is C16H20O3S. The van der Waals surface area contributed by atoms with Crippen LogP contribution in [0.25, 0.3) is 10.8 Å². The van der Waals surface area contributed by atoms with E-state index in [0.717, 1.165) is 23.6 Å². The van der Waals surface area contributed by atoms with Crippen molar-refractivity contribution in [1.82, 2.24) is 0 Å². The van der Waals surface area contributed by atoms with Gasteiger partial charge in [-0.1, -0.05) is 57.0 Å². The zero-order valence-corrected chi connectivity index (χ0v) is 12.7. The molecule has 0 heterocycles. The Kier molecular flexibility index (Phi) is 4.78. The van der Waals surface area contributed by atoms with Crippen molar-refractivity contribution in [3.63, 3.8) is 0 Å². The zero-order chi connectivity index (χ0) is 14.6. The summed E-state index contributed by atoms with van der Waals surface area (Å²) < 4.78 is 29.6. The van der Waals surface area contributed by atoms with Crippen LogP contribution in [-0.4, -0.2) is 15.0 Å². The molecule has 0 N–H and O–H groups in total. The Morgan fingerprint density at radius 3 is 2.30 bits per heavy atom. The van der Waals surface area contributed by atoms with Crippen molar-refractivity contribution in [2.45, 2.75) is 31.6 Å². The Morgan fingerprint density at radius 1 is 1.00 bits per heavy atom. The predicted octanol–water partition coefficient (Wildman–Crippen LogP) is 3.98. The fourth-order valence-electron chi connectivity index (χ4n) is 2.10. The molecule has 2 aromatic rings. The van der Waals surface area contributed by atoms with Crippen LogP contribution in [0.4, 0.5) is 0 Å². The van der Waals surface area contributed by atoms with Gasteiger partial charge in [0.1, 0.15) is 0 Å². The lowest BCUT2D eigenvalue weighted by atomic mass is 10.1. The molecule has 4 heteroatoms. The third-order valence-electron chi connectivity index (χ3n) is 3.62. The highest BCUT2D eigenvalue weighted by atomic mass is 32.2. The lowest BCUT2D eigenvalue weighted by Crippen LogP contribution is -2.13. The first-order valence-electron chi connectivity index (χ1n) is 6.95. The van der Waals surface area contributed by atoms with Gasteiger partial charge in [-0.15, -0.1) is 0 Å². The van der Waals surface area contributed by atoms with Crippen molar-refractivity contribution >= 4 is 20.9 Å². The molecule has 2 rings (SSSR count). The van der Waals surface area contributed by atoms with Crippen LogP contribution in [0.2, 0.25) is 0 Å². The SMILES string of the molecule is CCC(CC)COS(=O)(=O)c1ccc2ccccc2c1. The van der Waals surface area contributed by atoms with Gasteiger partial charge in [0, 0.05) is 0 Å². The quantitative estimate of drug-likeness (QED) is 0.756. The molecule has 0 unspecified atom stereocenters. The highest BCUT2D eigenvalue weighted by molar-refractivity contribution is 7.86. The predicted molar refractivity (Wildman–Crippen MR) is 81.2 cm³/mol. The monoisotopic (exact) mass is 292 g/mol. The molecule has 0 saturated carbocycles. The van der Waals surface area contributed by atoms with Gasteiger partial charge in [-0.3, -0.25) is 4.18 Å². The number of fused-ring (bicyclic) bond motifs is 1. The molecule has 0 aliphatic rings. The van der Waals surface area contributed by atoms with Gasteiger partial charge in [-0.05, 0) is 28.8 Å². The van der Waals surface area contributed by atoms with Crippen LogP contribution in [-0.2, 0) is 14.3 Å². The Labute approximate surface area is 120 Å². The van der Waals surface area contributed by atoms with Crippen LogP contribution >= 0.6 is 0 Å². The van der Waals surface area contributed by atoms with Gasteiger partial charge in [-0.2, -0.15) is 8.42 Å². The van der Waals surface area contributed by atoms with Crippen LogP contribution in [0.1, 0.15) is 26.7 Å². The molecular weight excluding hydrogens is 272 g/mol. The van der Waals surface area contributed by atoms with Gasteiger partial charge >= 0.3 is 0 Å². The largest absolute Gasteiger partial charge is 0.297 e. The standard InChI is InChI=1S/C16H20O3S/c1-3-13(4-2)12-19-20(17,18)16-10-9-14-7-5-6-8-15(14)11-16/h5-11,13H,3-4,12H2,1-2H3. The van der Waals surface area contributed by atoms with E-state index in [2.05, 4.69) is 0 Å². The van der Waals surface area contributed by atoms with E-state index in [-0.39, 0.29) is 17.4 Å². The van der Waals surface area contributed by atoms with Gasteiger partial charge < -0.3 is 0 Å². The molecule has 20 heavy (non-hydrogen) atoms. The van der Waals surface area contributed by atoms with E-state index in [1.165, 1.54) is 0 Å². The summed E-state index contributed by atoms with van der Waals surface area (Å²) >= 11 is 0. The Morgan fingerprint density at radius 2 is 1.65 bits per heavy atom. The van der Waals surface area contributed by atoms with Gasteiger partial charge in [-0.25, -0.2) is 0 Å². The van der Waals surface area contributed by atoms with Crippen LogP contribution in [0.5, 0.6) is 0 Å². The molecule has 2 aromatic carbocycles. The minimum Gasteiger partial charge on any atom is -0.266 e. The zero-order valence-electron chi connectivity index (χ0n) is 11.9. The van der Waals surface area contributed by atoms with Crippen molar-refractivity contribution in [2.24, 2.45) is 5.92 Å². The number of benzene rings is 2. The van der Waals surface area contributed by atoms with Crippen LogP contribution < -0.4 is 0 Å². The lowest BCUT2D eigenvalue weighted by Gasteiger charge is -2.12. The van der Waals surface area contributed by atoms with Gasteiger partial charge in [0.05, 0.1) is 11.5 Å². The molecule has 0 aliphatic heterocycles. The Hall–Kier alpha value is -1.39. The maximum atomic E-state index is 12.2. The summed E-state index contributed by atoms with van der Waals surface area (Å²) in [6, 6.07) is 12.8. The first kappa shape index (κ1) is 15.0. The topological polar surface area (TPSA) is 43.4 Å². The Balaban J connectivity index is 2.23. The van der Waals surface area contributed by atoms with E-state index in [9.17, 15) is 8.42 Å². The molecule has 3 nitrogen and oxygen atoms in total. The van der Waals surface area contributed by atoms with Crippen LogP contribution in [0.3, 0.4) is 0 Å². The number of hydrogen-bond acceptors (Lipinski definition) is 3. The summed E-state index contributed by atoms with van der Waals surface area (Å²) in [7, 11) is -3.67. The van der Waals surface area contributed by atoms with Gasteiger partial charge in [0.15, 0.2) is 0 Å². The molecule has 0 spiro atoms. The van der Waals surface area contributed by atoms with E-state index < -0.39 is 10.1 Å². The minimum absolute atomic E-state index is 0.224. The summed E-state index contributed by atoms with van der Waals surface area (Å²) in [5.41, 5.74) is 0. The fraction of sp³-hybridized carbons (Fsp3) is 0.375. The summed E-state index contributed by atoms with van der Waals surface area (Å²) in [5, 5.41) is 1.92. The Bertz CT molecular complexity index is 673. The molecule has 0 aliphatic carbocycles. The molecule has 0 aromatic heterocycles. The molecule has 0 fully saturated rings. The summed E-state index contributed by atoms with van der Waals surface area (Å²) in [6.07, 6.45) is 1.84. The van der Waals surface area contributed by atoms with Crippen molar-refractivity contribution in [2.75, 3.05) is 6.61 Å². The number of hydrogen-bond donors (Lipinski definition) is 0. The fourth-order valence-corrected chi connectivity index (χ4v) is 3.11. The normalized spacial score (nSPS) is 12.2. The van der Waals surface area contributed by atoms with E-state index in [4.69, 9.17) is 4.18 Å². The van der Waals surface area contributed by atoms with Crippen molar-refractivity contribution in [1.29, 1.82) is 0 Å². The highest BCUT2D eigenvalue weighted by Gasteiger charge is 2.17. The third-order valence-corrected chi connectivity index (χ3v) is 4.90. The second kappa shape index (κ2) is 6.37. The second-order valence-corrected chi connectivity index (χ2v) is 6.55. The smallest absolute Gasteiger partial charge is 0.266 e. The van der Waals surface area contributed by atoms with E-state index in [1.54, 1.807) is 12.1 Å². The molecule has 0 amide bonds. The first-order chi connectivity index (χ1) is 9.56. The molecule has 108 valence electrons. The van der Waals surface area contributed by atoms with Gasteiger partial charge in [0.2, 0.25) is 0 Å². The van der Waals surface area contributed by atoms with Crippen molar-refractivity contribution in [3.8, 4) is 0 Å². The molecule has 0 radical (unpaired) electrons. The summed E-state index contributed by atoms with van der Waals surface area (Å²) in [5.74, 6) is 0.283. The van der Waals surface area contributed by atoms with E-state index in [1.807, 2.05) is 44.2 Å². The minimum atomic E-state index is -3.67. The highest BCUT2D eigenvalue weighted by Crippen LogP contribution is 2.21. The molecule has 0 bridgehead atoms. The van der Waals surface area contributed by atoms with E-state index in [0.29, 0.717) is 0 Å². The van der Waals surface area contributed by atoms with Crippen LogP contribution in [0, 0.1) is 5.92 Å². The molecule has 0 saturated heterocycles. The average molecular weight is 292 g/mol. The lowest BCUT2D eigenvalue weighted by molar-refractivity contribution is 0.246.